The molecule has 3 aromatic carbocycles. The number of hydrogen-bond acceptors (Lipinski definition) is 6. The molecule has 0 aliphatic carbocycles. The van der Waals surface area contributed by atoms with Gasteiger partial charge in [0.2, 0.25) is 0 Å². The summed E-state index contributed by atoms with van der Waals surface area (Å²) in [5.41, 5.74) is -0.108. The van der Waals surface area contributed by atoms with Gasteiger partial charge in [-0.3, -0.25) is 9.59 Å². The van der Waals surface area contributed by atoms with Crippen LogP contribution in [0.2, 0.25) is 0 Å². The number of esters is 2. The van der Waals surface area contributed by atoms with Gasteiger partial charge in [-0.2, -0.15) is 0 Å². The highest BCUT2D eigenvalue weighted by atomic mass is 16.5. The van der Waals surface area contributed by atoms with Gasteiger partial charge in [0, 0.05) is 0 Å². The fourth-order valence-electron chi connectivity index (χ4n) is 3.94. The summed E-state index contributed by atoms with van der Waals surface area (Å²) >= 11 is 0. The molecule has 2 N–H and O–H groups in total. The van der Waals surface area contributed by atoms with Gasteiger partial charge >= 0.3 is 11.9 Å². The van der Waals surface area contributed by atoms with Crippen LogP contribution < -0.4 is 9.47 Å². The summed E-state index contributed by atoms with van der Waals surface area (Å²) in [5, 5.41) is 21.4. The third-order valence-electron chi connectivity index (χ3n) is 6.80. The number of rotatable bonds is 12. The topological polar surface area (TPSA) is 93.1 Å². The number of aliphatic hydroxyl groups is 2. The van der Waals surface area contributed by atoms with E-state index < -0.39 is 23.0 Å². The first-order chi connectivity index (χ1) is 18.0. The van der Waals surface area contributed by atoms with Gasteiger partial charge < -0.3 is 19.7 Å². The van der Waals surface area contributed by atoms with Crippen molar-refractivity contribution in [3.05, 3.63) is 96.1 Å². The second-order valence-corrected chi connectivity index (χ2v) is 10.9. The van der Waals surface area contributed by atoms with Crippen molar-refractivity contribution in [2.45, 2.75) is 65.6 Å². The van der Waals surface area contributed by atoms with Crippen LogP contribution in [0.4, 0.5) is 0 Å². The smallest absolute Gasteiger partial charge is 0.316 e. The van der Waals surface area contributed by atoms with Crippen molar-refractivity contribution < 1.29 is 29.3 Å². The molecule has 6 heteroatoms. The quantitative estimate of drug-likeness (QED) is 0.208. The van der Waals surface area contributed by atoms with Crippen LogP contribution in [0.25, 0.3) is 0 Å². The maximum atomic E-state index is 12.6. The van der Waals surface area contributed by atoms with Crippen molar-refractivity contribution in [1.29, 1.82) is 0 Å². The van der Waals surface area contributed by atoms with Gasteiger partial charge in [-0.15, -0.1) is 0 Å². The predicted molar refractivity (Wildman–Crippen MR) is 147 cm³/mol. The van der Waals surface area contributed by atoms with Gasteiger partial charge in [0.25, 0.3) is 0 Å². The zero-order chi connectivity index (χ0) is 27.8. The molecule has 0 radical (unpaired) electrons. The van der Waals surface area contributed by atoms with Crippen molar-refractivity contribution in [3.8, 4) is 11.5 Å². The van der Waals surface area contributed by atoms with Gasteiger partial charge in [0.1, 0.15) is 11.5 Å². The maximum Gasteiger partial charge on any atom is 0.316 e. The summed E-state index contributed by atoms with van der Waals surface area (Å²) in [6.45, 7) is 7.23. The fraction of sp³-hybridized carbons (Fsp3) is 0.375. The first kappa shape index (κ1) is 29.1. The Balaban J connectivity index is 1.49. The van der Waals surface area contributed by atoms with Crippen LogP contribution in [0.15, 0.2) is 84.9 Å². The summed E-state index contributed by atoms with van der Waals surface area (Å²) in [6, 6.07) is 25.0. The van der Waals surface area contributed by atoms with E-state index in [9.17, 15) is 19.8 Å². The molecule has 0 saturated carbocycles. The average Bonchev–Trinajstić information content (AvgIpc) is 2.91. The minimum atomic E-state index is -0.762. The van der Waals surface area contributed by atoms with Gasteiger partial charge in [-0.05, 0) is 88.8 Å². The number of hydrogen-bond donors (Lipinski definition) is 2. The van der Waals surface area contributed by atoms with E-state index in [0.717, 1.165) is 0 Å². The molecule has 0 fully saturated rings. The monoisotopic (exact) mass is 518 g/mol. The molecule has 0 aliphatic rings. The van der Waals surface area contributed by atoms with Gasteiger partial charge in [0.15, 0.2) is 0 Å². The molecule has 0 spiro atoms. The number of carbonyl (C=O) groups is 2. The normalized spacial score (nSPS) is 13.4. The van der Waals surface area contributed by atoms with Crippen LogP contribution in [-0.2, 0) is 9.59 Å². The SMILES string of the molecule is CC(C)(CCC(O)c1ccc(C(O)CCC(C)(C)C(=O)Oc2ccccc2)cc1)C(=O)Oc1ccccc1. The lowest BCUT2D eigenvalue weighted by Gasteiger charge is -2.24. The molecule has 0 heterocycles. The molecular weight excluding hydrogens is 480 g/mol. The molecule has 0 aliphatic heterocycles. The first-order valence-corrected chi connectivity index (χ1v) is 13.0. The maximum absolute atomic E-state index is 12.6. The Morgan fingerprint density at radius 2 is 0.921 bits per heavy atom. The Kier molecular flexibility index (Phi) is 9.84. The van der Waals surface area contributed by atoms with Crippen LogP contribution in [-0.4, -0.2) is 22.2 Å². The molecule has 2 unspecified atom stereocenters. The van der Waals surface area contributed by atoms with Crippen LogP contribution >= 0.6 is 0 Å². The molecular formula is C32H38O6. The van der Waals surface area contributed by atoms with Gasteiger partial charge in [-0.25, -0.2) is 0 Å². The van der Waals surface area contributed by atoms with Crippen LogP contribution in [0.5, 0.6) is 11.5 Å². The Hall–Kier alpha value is -3.48. The van der Waals surface area contributed by atoms with Crippen molar-refractivity contribution in [1.82, 2.24) is 0 Å². The summed E-state index contributed by atoms with van der Waals surface area (Å²) in [5.74, 6) is 0.309. The molecule has 2 atom stereocenters. The van der Waals surface area contributed by atoms with Crippen molar-refractivity contribution in [3.63, 3.8) is 0 Å². The molecule has 202 valence electrons. The van der Waals surface area contributed by atoms with E-state index in [4.69, 9.17) is 9.47 Å². The van der Waals surface area contributed by atoms with E-state index in [2.05, 4.69) is 0 Å². The lowest BCUT2D eigenvalue weighted by molar-refractivity contribution is -0.145. The summed E-state index contributed by atoms with van der Waals surface area (Å²) in [7, 11) is 0. The van der Waals surface area contributed by atoms with E-state index in [1.165, 1.54) is 0 Å². The number of benzene rings is 3. The molecule has 0 bridgehead atoms. The van der Waals surface area contributed by atoms with Gasteiger partial charge in [-0.1, -0.05) is 60.7 Å². The zero-order valence-corrected chi connectivity index (χ0v) is 22.6. The minimum absolute atomic E-state index is 0.343. The minimum Gasteiger partial charge on any atom is -0.426 e. The Labute approximate surface area is 225 Å². The molecule has 0 amide bonds. The highest BCUT2D eigenvalue weighted by Gasteiger charge is 2.32. The number of para-hydroxylation sites is 2. The largest absolute Gasteiger partial charge is 0.426 e. The van der Waals surface area contributed by atoms with Crippen molar-refractivity contribution in [2.75, 3.05) is 0 Å². The van der Waals surface area contributed by atoms with E-state index in [-0.39, 0.29) is 11.9 Å². The number of ether oxygens (including phenoxy) is 2. The second kappa shape index (κ2) is 12.9. The van der Waals surface area contributed by atoms with E-state index >= 15 is 0 Å². The molecule has 3 rings (SSSR count). The first-order valence-electron chi connectivity index (χ1n) is 13.0. The molecule has 6 nitrogen and oxygen atoms in total. The molecule has 0 saturated heterocycles. The number of carbonyl (C=O) groups excluding carboxylic acids is 2. The van der Waals surface area contributed by atoms with E-state index in [1.54, 1.807) is 72.8 Å². The standard InChI is InChI=1S/C32H38O6/c1-31(2,29(35)37-25-11-7-5-8-12-25)21-19-27(33)23-15-17-24(18-16-23)28(34)20-22-32(3,4)30(36)38-26-13-9-6-10-14-26/h5-18,27-28,33-34H,19-22H2,1-4H3. The highest BCUT2D eigenvalue weighted by Crippen LogP contribution is 2.32. The summed E-state index contributed by atoms with van der Waals surface area (Å²) < 4.78 is 10.9. The Morgan fingerprint density at radius 1 is 0.605 bits per heavy atom. The van der Waals surface area contributed by atoms with Crippen LogP contribution in [0, 0.1) is 10.8 Å². The lowest BCUT2D eigenvalue weighted by atomic mass is 9.85. The van der Waals surface area contributed by atoms with E-state index in [1.807, 2.05) is 39.8 Å². The summed E-state index contributed by atoms with van der Waals surface area (Å²) in [6.07, 6.45) is 0.150. The van der Waals surface area contributed by atoms with E-state index in [0.29, 0.717) is 48.3 Å². The van der Waals surface area contributed by atoms with Crippen molar-refractivity contribution >= 4 is 11.9 Å². The van der Waals surface area contributed by atoms with Crippen LogP contribution in [0.1, 0.15) is 76.7 Å². The molecule has 3 aromatic rings. The predicted octanol–water partition coefficient (Wildman–Crippen LogP) is 6.58. The summed E-state index contributed by atoms with van der Waals surface area (Å²) in [4.78, 5) is 25.2. The second-order valence-electron chi connectivity index (χ2n) is 10.9. The third kappa shape index (κ3) is 8.27. The Bertz CT molecular complexity index is 1080. The average molecular weight is 519 g/mol. The van der Waals surface area contributed by atoms with Crippen LogP contribution in [0.3, 0.4) is 0 Å². The van der Waals surface area contributed by atoms with Gasteiger partial charge in [0.05, 0.1) is 23.0 Å². The lowest BCUT2D eigenvalue weighted by Crippen LogP contribution is -2.29. The molecule has 0 aromatic heterocycles. The zero-order valence-electron chi connectivity index (χ0n) is 22.6. The Morgan fingerprint density at radius 3 is 1.24 bits per heavy atom. The third-order valence-corrected chi connectivity index (χ3v) is 6.80. The van der Waals surface area contributed by atoms with Crippen molar-refractivity contribution in [2.24, 2.45) is 10.8 Å². The molecule has 38 heavy (non-hydrogen) atoms. The fourth-order valence-corrected chi connectivity index (χ4v) is 3.94. The highest BCUT2D eigenvalue weighted by molar-refractivity contribution is 5.78. The number of aliphatic hydroxyl groups excluding tert-OH is 2.